The number of carbonyl (C=O) groups excluding carboxylic acids is 1. The van der Waals surface area contributed by atoms with E-state index in [1.807, 2.05) is 12.1 Å². The number of anilines is 1. The molecule has 0 spiro atoms. The summed E-state index contributed by atoms with van der Waals surface area (Å²) in [5.41, 5.74) is 3.63. The van der Waals surface area contributed by atoms with Crippen molar-refractivity contribution >= 4 is 33.7 Å². The van der Waals surface area contributed by atoms with Crippen LogP contribution in [0.15, 0.2) is 46.0 Å². The number of phenols is 1. The van der Waals surface area contributed by atoms with E-state index >= 15 is 0 Å². The lowest BCUT2D eigenvalue weighted by Gasteiger charge is -2.13. The number of hydrazone groups is 1. The van der Waals surface area contributed by atoms with Crippen LogP contribution in [-0.2, 0) is 4.79 Å². The quantitative estimate of drug-likeness (QED) is 0.471. The number of aromatic hydroxyl groups is 1. The molecule has 2 aromatic rings. The molecule has 0 saturated carbocycles. The smallest absolute Gasteiger partial charge is 0.262 e. The Morgan fingerprint density at radius 2 is 1.92 bits per heavy atom. The van der Waals surface area contributed by atoms with Gasteiger partial charge in [-0.05, 0) is 43.3 Å². The summed E-state index contributed by atoms with van der Waals surface area (Å²) in [4.78, 5) is 12.1. The summed E-state index contributed by atoms with van der Waals surface area (Å²) >= 11 is 3.32. The first kappa shape index (κ1) is 19.6. The van der Waals surface area contributed by atoms with Crippen LogP contribution in [0.1, 0.15) is 12.5 Å². The van der Waals surface area contributed by atoms with E-state index in [9.17, 15) is 9.90 Å². The van der Waals surface area contributed by atoms with Gasteiger partial charge in [-0.1, -0.05) is 15.9 Å². The molecule has 0 aliphatic rings. The van der Waals surface area contributed by atoms with Crippen molar-refractivity contribution in [3.63, 3.8) is 0 Å². The van der Waals surface area contributed by atoms with Crippen LogP contribution >= 0.6 is 15.9 Å². The van der Waals surface area contributed by atoms with Crippen LogP contribution in [0.4, 0.5) is 5.69 Å². The molecule has 2 aromatic carbocycles. The summed E-state index contributed by atoms with van der Waals surface area (Å²) in [6.45, 7) is 1.72. The standard InChI is InChI=1S/C18H20BrN3O4/c1-11(21-14-4-6-15(25-2)7-5-14)18(24)22-20-10-12-8-13(19)9-16(26-3)17(12)23/h4-11,21,23H,1-3H3,(H,22,24). The first-order chi connectivity index (χ1) is 12.4. The molecule has 26 heavy (non-hydrogen) atoms. The molecular weight excluding hydrogens is 402 g/mol. The molecule has 1 amide bonds. The van der Waals surface area contributed by atoms with Crippen LogP contribution in [0, 0.1) is 0 Å². The average molecular weight is 422 g/mol. The molecule has 138 valence electrons. The third-order valence-corrected chi connectivity index (χ3v) is 3.99. The van der Waals surface area contributed by atoms with Gasteiger partial charge in [0.1, 0.15) is 11.8 Å². The Morgan fingerprint density at radius 3 is 2.54 bits per heavy atom. The predicted octanol–water partition coefficient (Wildman–Crippen LogP) is 3.12. The second-order valence-electron chi connectivity index (χ2n) is 5.37. The normalized spacial score (nSPS) is 11.8. The molecule has 1 unspecified atom stereocenters. The zero-order chi connectivity index (χ0) is 19.1. The van der Waals surface area contributed by atoms with Gasteiger partial charge in [-0.2, -0.15) is 5.10 Å². The van der Waals surface area contributed by atoms with Gasteiger partial charge < -0.3 is 19.9 Å². The highest BCUT2D eigenvalue weighted by Crippen LogP contribution is 2.32. The van der Waals surface area contributed by atoms with E-state index in [4.69, 9.17) is 9.47 Å². The number of hydrogen-bond donors (Lipinski definition) is 3. The maximum Gasteiger partial charge on any atom is 0.262 e. The van der Waals surface area contributed by atoms with Crippen LogP contribution < -0.4 is 20.2 Å². The Morgan fingerprint density at radius 1 is 1.23 bits per heavy atom. The van der Waals surface area contributed by atoms with Gasteiger partial charge in [0.25, 0.3) is 5.91 Å². The summed E-state index contributed by atoms with van der Waals surface area (Å²) < 4.78 is 10.9. The van der Waals surface area contributed by atoms with Crippen molar-refractivity contribution in [3.05, 3.63) is 46.4 Å². The van der Waals surface area contributed by atoms with E-state index < -0.39 is 6.04 Å². The number of methoxy groups -OCH3 is 2. The van der Waals surface area contributed by atoms with Gasteiger partial charge in [0.2, 0.25) is 0 Å². The van der Waals surface area contributed by atoms with E-state index in [0.29, 0.717) is 11.3 Å². The molecule has 8 heteroatoms. The van der Waals surface area contributed by atoms with Gasteiger partial charge in [0.05, 0.1) is 20.4 Å². The average Bonchev–Trinajstić information content (AvgIpc) is 2.64. The fraction of sp³-hybridized carbons (Fsp3) is 0.222. The summed E-state index contributed by atoms with van der Waals surface area (Å²) in [5, 5.41) is 17.0. The Balaban J connectivity index is 1.96. The van der Waals surface area contributed by atoms with E-state index in [2.05, 4.69) is 31.8 Å². The van der Waals surface area contributed by atoms with E-state index in [1.165, 1.54) is 13.3 Å². The molecule has 0 radical (unpaired) electrons. The molecule has 0 aromatic heterocycles. The topological polar surface area (TPSA) is 92.2 Å². The number of carbonyl (C=O) groups is 1. The molecule has 1 atom stereocenters. The first-order valence-electron chi connectivity index (χ1n) is 7.74. The highest BCUT2D eigenvalue weighted by molar-refractivity contribution is 9.10. The van der Waals surface area contributed by atoms with E-state index in [0.717, 1.165) is 15.9 Å². The minimum Gasteiger partial charge on any atom is -0.504 e. The zero-order valence-corrected chi connectivity index (χ0v) is 16.2. The van der Waals surface area contributed by atoms with Gasteiger partial charge in [-0.15, -0.1) is 0 Å². The van der Waals surface area contributed by atoms with Gasteiger partial charge in [0, 0.05) is 15.7 Å². The molecule has 0 bridgehead atoms. The third kappa shape index (κ3) is 5.13. The van der Waals surface area contributed by atoms with E-state index in [1.54, 1.807) is 38.3 Å². The van der Waals surface area contributed by atoms with Crippen molar-refractivity contribution in [2.24, 2.45) is 5.10 Å². The number of halogens is 1. The number of nitrogens with zero attached hydrogens (tertiary/aromatic N) is 1. The Kier molecular flexibility index (Phi) is 6.85. The number of benzene rings is 2. The summed E-state index contributed by atoms with van der Waals surface area (Å²) in [5.74, 6) is 0.667. The van der Waals surface area contributed by atoms with Crippen molar-refractivity contribution in [3.8, 4) is 17.2 Å². The van der Waals surface area contributed by atoms with E-state index in [-0.39, 0.29) is 11.7 Å². The van der Waals surface area contributed by atoms with Crippen LogP contribution in [0.3, 0.4) is 0 Å². The zero-order valence-electron chi connectivity index (χ0n) is 14.6. The van der Waals surface area contributed by atoms with Crippen molar-refractivity contribution < 1.29 is 19.4 Å². The first-order valence-corrected chi connectivity index (χ1v) is 8.54. The van der Waals surface area contributed by atoms with Crippen molar-refractivity contribution in [2.45, 2.75) is 13.0 Å². The molecule has 3 N–H and O–H groups in total. The molecular formula is C18H20BrN3O4. The fourth-order valence-electron chi connectivity index (χ4n) is 2.11. The Labute approximate surface area is 160 Å². The van der Waals surface area contributed by atoms with Crippen molar-refractivity contribution in [1.82, 2.24) is 5.43 Å². The van der Waals surface area contributed by atoms with Crippen LogP contribution in [0.5, 0.6) is 17.2 Å². The summed E-state index contributed by atoms with van der Waals surface area (Å²) in [6, 6.07) is 10.0. The maximum absolute atomic E-state index is 12.1. The molecule has 7 nitrogen and oxygen atoms in total. The van der Waals surface area contributed by atoms with Gasteiger partial charge in [-0.3, -0.25) is 4.79 Å². The monoisotopic (exact) mass is 421 g/mol. The lowest BCUT2D eigenvalue weighted by atomic mass is 10.2. The summed E-state index contributed by atoms with van der Waals surface area (Å²) in [6.07, 6.45) is 1.35. The summed E-state index contributed by atoms with van der Waals surface area (Å²) in [7, 11) is 3.05. The number of phenolic OH excluding ortho intramolecular Hbond substituents is 1. The maximum atomic E-state index is 12.1. The third-order valence-electron chi connectivity index (χ3n) is 3.53. The molecule has 0 heterocycles. The molecule has 2 rings (SSSR count). The fourth-order valence-corrected chi connectivity index (χ4v) is 2.57. The highest BCUT2D eigenvalue weighted by atomic mass is 79.9. The van der Waals surface area contributed by atoms with Crippen molar-refractivity contribution in [2.75, 3.05) is 19.5 Å². The van der Waals surface area contributed by atoms with Crippen LogP contribution in [0.25, 0.3) is 0 Å². The predicted molar refractivity (Wildman–Crippen MR) is 104 cm³/mol. The van der Waals surface area contributed by atoms with Crippen LogP contribution in [0.2, 0.25) is 0 Å². The van der Waals surface area contributed by atoms with Gasteiger partial charge in [0.15, 0.2) is 11.5 Å². The highest BCUT2D eigenvalue weighted by Gasteiger charge is 2.12. The SMILES string of the molecule is COc1ccc(NC(C)C(=O)NN=Cc2cc(Br)cc(OC)c2O)cc1. The minimum atomic E-state index is -0.508. The minimum absolute atomic E-state index is 0.0573. The number of rotatable bonds is 7. The second-order valence-corrected chi connectivity index (χ2v) is 6.29. The number of amides is 1. The second kappa shape index (κ2) is 9.10. The number of ether oxygens (including phenoxy) is 2. The number of hydrogen-bond acceptors (Lipinski definition) is 6. The lowest BCUT2D eigenvalue weighted by molar-refractivity contribution is -0.121. The molecule has 0 saturated heterocycles. The number of nitrogens with one attached hydrogen (secondary N) is 2. The Bertz CT molecular complexity index is 794. The molecule has 0 aliphatic carbocycles. The lowest BCUT2D eigenvalue weighted by Crippen LogP contribution is -2.34. The molecule has 0 fully saturated rings. The Hall–Kier alpha value is -2.74. The van der Waals surface area contributed by atoms with Gasteiger partial charge >= 0.3 is 0 Å². The molecule has 0 aliphatic heterocycles. The van der Waals surface area contributed by atoms with Crippen LogP contribution in [-0.4, -0.2) is 37.5 Å². The largest absolute Gasteiger partial charge is 0.504 e. The van der Waals surface area contributed by atoms with Crippen molar-refractivity contribution in [1.29, 1.82) is 0 Å². The van der Waals surface area contributed by atoms with Gasteiger partial charge in [-0.25, -0.2) is 5.43 Å².